The van der Waals surface area contributed by atoms with E-state index < -0.39 is 29.8 Å². The van der Waals surface area contributed by atoms with Crippen molar-refractivity contribution in [1.82, 2.24) is 0 Å². The van der Waals surface area contributed by atoms with E-state index in [4.69, 9.17) is 24.7 Å². The molecule has 2 aromatic rings. The van der Waals surface area contributed by atoms with Crippen LogP contribution in [0, 0.1) is 0 Å². The van der Waals surface area contributed by atoms with Gasteiger partial charge in [0.25, 0.3) is 0 Å². The number of ether oxygens (including phenoxy) is 4. The van der Waals surface area contributed by atoms with Gasteiger partial charge in [-0.3, -0.25) is 4.79 Å². The fraction of sp³-hybridized carbons (Fsp3) is 0.480. The number of hydrogen-bond donors (Lipinski definition) is 2. The zero-order valence-electron chi connectivity index (χ0n) is 19.9. The van der Waals surface area contributed by atoms with Gasteiger partial charge in [-0.2, -0.15) is 11.8 Å². The maximum absolute atomic E-state index is 12.7. The summed E-state index contributed by atoms with van der Waals surface area (Å²) in [7, 11) is 3.26. The Morgan fingerprint density at radius 1 is 1.21 bits per heavy atom. The third-order valence-electron chi connectivity index (χ3n) is 5.74. The standard InChI is InChI=1S/C25H34N2O5S/c1-25(2)23(31-24(28)20(26)12-13-33-5)22(30-4)19-14-17(8-11-21(19)32-25)27-15-16-6-9-18(29-3)10-7-16/h6-11,14,20,22-23,27H,12-13,15,26H2,1-5H3. The van der Waals surface area contributed by atoms with Crippen LogP contribution in [-0.2, 0) is 20.8 Å². The number of methoxy groups -OCH3 is 2. The van der Waals surface area contributed by atoms with Crippen LogP contribution in [0.2, 0.25) is 0 Å². The second-order valence-electron chi connectivity index (χ2n) is 8.56. The number of benzene rings is 2. The van der Waals surface area contributed by atoms with Crippen LogP contribution in [0.15, 0.2) is 42.5 Å². The predicted molar refractivity (Wildman–Crippen MR) is 132 cm³/mol. The van der Waals surface area contributed by atoms with Crippen molar-refractivity contribution in [3.63, 3.8) is 0 Å². The summed E-state index contributed by atoms with van der Waals surface area (Å²) in [5.41, 5.74) is 8.13. The summed E-state index contributed by atoms with van der Waals surface area (Å²) in [5, 5.41) is 3.43. The average molecular weight is 475 g/mol. The summed E-state index contributed by atoms with van der Waals surface area (Å²) < 4.78 is 23.1. The first-order valence-electron chi connectivity index (χ1n) is 11.0. The lowest BCUT2D eigenvalue weighted by Gasteiger charge is -2.43. The maximum atomic E-state index is 12.7. The number of carbonyl (C=O) groups is 1. The largest absolute Gasteiger partial charge is 0.497 e. The van der Waals surface area contributed by atoms with Gasteiger partial charge in [0.15, 0.2) is 6.10 Å². The van der Waals surface area contributed by atoms with Crippen molar-refractivity contribution in [3.05, 3.63) is 53.6 Å². The first-order valence-corrected chi connectivity index (χ1v) is 12.4. The minimum absolute atomic E-state index is 0.440. The van der Waals surface area contributed by atoms with Gasteiger partial charge in [-0.05, 0) is 68.2 Å². The van der Waals surface area contributed by atoms with Crippen LogP contribution in [0.5, 0.6) is 11.5 Å². The number of thioether (sulfide) groups is 1. The van der Waals surface area contributed by atoms with Gasteiger partial charge in [0.2, 0.25) is 0 Å². The number of fused-ring (bicyclic) bond motifs is 1. The van der Waals surface area contributed by atoms with Gasteiger partial charge in [0.05, 0.1) is 7.11 Å². The highest BCUT2D eigenvalue weighted by atomic mass is 32.2. The molecular weight excluding hydrogens is 440 g/mol. The Morgan fingerprint density at radius 3 is 2.58 bits per heavy atom. The van der Waals surface area contributed by atoms with Gasteiger partial charge < -0.3 is 30.0 Å². The van der Waals surface area contributed by atoms with Crippen LogP contribution in [0.3, 0.4) is 0 Å². The van der Waals surface area contributed by atoms with E-state index in [1.807, 2.05) is 62.6 Å². The Labute approximate surface area is 200 Å². The molecule has 0 radical (unpaired) electrons. The van der Waals surface area contributed by atoms with E-state index >= 15 is 0 Å². The number of nitrogens with two attached hydrogens (primary N) is 1. The molecule has 0 aliphatic carbocycles. The van der Waals surface area contributed by atoms with Crippen molar-refractivity contribution in [2.45, 2.75) is 50.7 Å². The molecule has 0 amide bonds. The van der Waals surface area contributed by atoms with Gasteiger partial charge >= 0.3 is 5.97 Å². The quantitative estimate of drug-likeness (QED) is 0.496. The zero-order valence-corrected chi connectivity index (χ0v) is 20.7. The number of hydrogen-bond acceptors (Lipinski definition) is 8. The molecule has 3 atom stereocenters. The Balaban J connectivity index is 1.77. The molecule has 0 aromatic heterocycles. The Bertz CT molecular complexity index is 935. The summed E-state index contributed by atoms with van der Waals surface area (Å²) in [6.45, 7) is 4.43. The molecule has 3 N–H and O–H groups in total. The molecule has 0 fully saturated rings. The van der Waals surface area contributed by atoms with Crippen molar-refractivity contribution >= 4 is 23.4 Å². The Kier molecular flexibility index (Phi) is 8.51. The van der Waals surface area contributed by atoms with Gasteiger partial charge in [0.1, 0.15) is 29.2 Å². The fourth-order valence-corrected chi connectivity index (χ4v) is 4.31. The van der Waals surface area contributed by atoms with Crippen molar-refractivity contribution < 1.29 is 23.7 Å². The van der Waals surface area contributed by atoms with Crippen LogP contribution in [-0.4, -0.2) is 49.9 Å². The van der Waals surface area contributed by atoms with Crippen LogP contribution in [0.1, 0.15) is 37.5 Å². The van der Waals surface area contributed by atoms with E-state index in [-0.39, 0.29) is 0 Å². The summed E-state index contributed by atoms with van der Waals surface area (Å²) in [4.78, 5) is 12.7. The highest BCUT2D eigenvalue weighted by Crippen LogP contribution is 2.44. The molecule has 0 saturated heterocycles. The van der Waals surface area contributed by atoms with Gasteiger partial charge in [0, 0.05) is 24.9 Å². The molecule has 1 aliphatic heterocycles. The molecule has 8 heteroatoms. The number of nitrogens with one attached hydrogen (secondary N) is 1. The van der Waals surface area contributed by atoms with Crippen molar-refractivity contribution in [2.75, 3.05) is 31.5 Å². The molecule has 0 saturated carbocycles. The SMILES string of the molecule is COc1ccc(CNc2ccc3c(c2)C(OC)C(OC(=O)C(N)CCSC)C(C)(C)O3)cc1. The molecule has 1 aliphatic rings. The van der Waals surface area contributed by atoms with E-state index in [0.29, 0.717) is 18.7 Å². The zero-order chi connectivity index (χ0) is 24.0. The fourth-order valence-electron chi connectivity index (χ4n) is 3.82. The van der Waals surface area contributed by atoms with Crippen molar-refractivity contribution in [2.24, 2.45) is 5.73 Å². The van der Waals surface area contributed by atoms with E-state index in [0.717, 1.165) is 28.3 Å². The highest BCUT2D eigenvalue weighted by Gasteiger charge is 2.47. The minimum atomic E-state index is -0.777. The van der Waals surface area contributed by atoms with Crippen LogP contribution in [0.25, 0.3) is 0 Å². The molecule has 2 aromatic carbocycles. The van der Waals surface area contributed by atoms with E-state index in [9.17, 15) is 4.79 Å². The molecule has 0 spiro atoms. The van der Waals surface area contributed by atoms with Crippen LogP contribution in [0.4, 0.5) is 5.69 Å². The van der Waals surface area contributed by atoms with Gasteiger partial charge in [-0.25, -0.2) is 0 Å². The molecule has 0 bridgehead atoms. The lowest BCUT2D eigenvalue weighted by molar-refractivity contribution is -0.182. The second-order valence-corrected chi connectivity index (χ2v) is 9.55. The third kappa shape index (κ3) is 6.13. The topological polar surface area (TPSA) is 92.0 Å². The van der Waals surface area contributed by atoms with E-state index in [1.165, 1.54) is 0 Å². The number of rotatable bonds is 10. The highest BCUT2D eigenvalue weighted by molar-refractivity contribution is 7.98. The molecule has 1 heterocycles. The molecule has 3 unspecified atom stereocenters. The van der Waals surface area contributed by atoms with Gasteiger partial charge in [-0.1, -0.05) is 12.1 Å². The lowest BCUT2D eigenvalue weighted by Crippen LogP contribution is -2.53. The Morgan fingerprint density at radius 2 is 1.94 bits per heavy atom. The lowest BCUT2D eigenvalue weighted by atomic mass is 9.87. The van der Waals surface area contributed by atoms with Crippen LogP contribution < -0.4 is 20.5 Å². The summed E-state index contributed by atoms with van der Waals surface area (Å²) >= 11 is 1.64. The summed E-state index contributed by atoms with van der Waals surface area (Å²) in [6, 6.07) is 13.1. The molecule has 180 valence electrons. The van der Waals surface area contributed by atoms with Crippen molar-refractivity contribution in [1.29, 1.82) is 0 Å². The van der Waals surface area contributed by atoms with E-state index in [1.54, 1.807) is 26.0 Å². The molecule has 7 nitrogen and oxygen atoms in total. The van der Waals surface area contributed by atoms with Crippen molar-refractivity contribution in [3.8, 4) is 11.5 Å². The predicted octanol–water partition coefficient (Wildman–Crippen LogP) is 4.16. The van der Waals surface area contributed by atoms with Gasteiger partial charge in [-0.15, -0.1) is 0 Å². The molecular formula is C25H34N2O5S. The number of esters is 1. The van der Waals surface area contributed by atoms with Crippen LogP contribution >= 0.6 is 11.8 Å². The Hall–Kier alpha value is -2.42. The summed E-state index contributed by atoms with van der Waals surface area (Å²) in [5.74, 6) is 1.88. The first-order chi connectivity index (χ1) is 15.8. The minimum Gasteiger partial charge on any atom is -0.497 e. The normalized spacial score (nSPS) is 19.7. The third-order valence-corrected chi connectivity index (χ3v) is 6.38. The maximum Gasteiger partial charge on any atom is 0.323 e. The number of anilines is 1. The smallest absolute Gasteiger partial charge is 0.323 e. The number of carbonyl (C=O) groups excluding carboxylic acids is 1. The molecule has 33 heavy (non-hydrogen) atoms. The average Bonchev–Trinajstić information content (AvgIpc) is 2.81. The first kappa shape index (κ1) is 25.2. The van der Waals surface area contributed by atoms with E-state index in [2.05, 4.69) is 5.32 Å². The monoisotopic (exact) mass is 474 g/mol. The summed E-state index contributed by atoms with van der Waals surface area (Å²) in [6.07, 6.45) is 1.42. The second kappa shape index (κ2) is 11.1. The molecule has 3 rings (SSSR count).